The second-order valence-corrected chi connectivity index (χ2v) is 5.03. The molecule has 1 aromatic heterocycles. The number of nitrogens with zero attached hydrogens (tertiary/aromatic N) is 1. The first kappa shape index (κ1) is 14.8. The Labute approximate surface area is 134 Å². The molecule has 4 heteroatoms. The van der Waals surface area contributed by atoms with Crippen molar-refractivity contribution >= 4 is 5.97 Å². The van der Waals surface area contributed by atoms with Crippen molar-refractivity contribution in [3.05, 3.63) is 84.2 Å². The minimum Gasteiger partial charge on any atom is -0.488 e. The van der Waals surface area contributed by atoms with E-state index in [-0.39, 0.29) is 5.56 Å². The summed E-state index contributed by atoms with van der Waals surface area (Å²) in [6, 6.07) is 18.5. The number of carbonyl (C=O) groups is 1. The summed E-state index contributed by atoms with van der Waals surface area (Å²) >= 11 is 0. The third-order valence-corrected chi connectivity index (χ3v) is 3.46. The van der Waals surface area contributed by atoms with Crippen LogP contribution >= 0.6 is 0 Å². The Morgan fingerprint density at radius 1 is 0.957 bits per heavy atom. The Hall–Kier alpha value is -3.14. The van der Waals surface area contributed by atoms with Crippen LogP contribution in [0.15, 0.2) is 73.1 Å². The maximum absolute atomic E-state index is 11.4. The van der Waals surface area contributed by atoms with E-state index in [4.69, 9.17) is 4.74 Å². The highest BCUT2D eigenvalue weighted by Crippen LogP contribution is 2.28. The molecule has 0 radical (unpaired) electrons. The van der Waals surface area contributed by atoms with Gasteiger partial charge in [-0.2, -0.15) is 0 Å². The van der Waals surface area contributed by atoms with Crippen LogP contribution in [0.1, 0.15) is 15.9 Å². The molecule has 0 saturated carbocycles. The Kier molecular flexibility index (Phi) is 4.34. The van der Waals surface area contributed by atoms with Gasteiger partial charge in [0.15, 0.2) is 0 Å². The number of ether oxygens (including phenoxy) is 1. The van der Waals surface area contributed by atoms with Crippen molar-refractivity contribution in [3.8, 4) is 16.9 Å². The molecule has 0 fully saturated rings. The number of aromatic carboxylic acids is 1. The summed E-state index contributed by atoms with van der Waals surface area (Å²) in [4.78, 5) is 15.4. The molecule has 0 atom stereocenters. The molecule has 0 amide bonds. The van der Waals surface area contributed by atoms with E-state index in [2.05, 4.69) is 4.98 Å². The third kappa shape index (κ3) is 3.55. The fraction of sp³-hybridized carbons (Fsp3) is 0.0526. The SMILES string of the molecule is O=C(O)c1ccc(-c2ccncc2)cc1OCc1ccccc1. The zero-order valence-corrected chi connectivity index (χ0v) is 12.3. The number of rotatable bonds is 5. The quantitative estimate of drug-likeness (QED) is 0.773. The lowest BCUT2D eigenvalue weighted by Gasteiger charge is -2.11. The Balaban J connectivity index is 1.91. The van der Waals surface area contributed by atoms with Crippen LogP contribution in [0.4, 0.5) is 0 Å². The van der Waals surface area contributed by atoms with Crippen LogP contribution < -0.4 is 4.74 Å². The molecule has 3 aromatic rings. The van der Waals surface area contributed by atoms with Gasteiger partial charge in [0.25, 0.3) is 0 Å². The van der Waals surface area contributed by atoms with Crippen LogP contribution in [0.3, 0.4) is 0 Å². The molecule has 0 bridgehead atoms. The van der Waals surface area contributed by atoms with Gasteiger partial charge in [0.05, 0.1) is 0 Å². The number of benzene rings is 2. The summed E-state index contributed by atoms with van der Waals surface area (Å²) in [5, 5.41) is 9.33. The standard InChI is InChI=1S/C19H15NO3/c21-19(22)17-7-6-16(15-8-10-20-11-9-15)12-18(17)23-13-14-4-2-1-3-5-14/h1-12H,13H2,(H,21,22). The second kappa shape index (κ2) is 6.75. The van der Waals surface area contributed by atoms with Gasteiger partial charge in [-0.1, -0.05) is 36.4 Å². The highest BCUT2D eigenvalue weighted by Gasteiger charge is 2.13. The fourth-order valence-corrected chi connectivity index (χ4v) is 2.28. The third-order valence-electron chi connectivity index (χ3n) is 3.46. The fourth-order valence-electron chi connectivity index (χ4n) is 2.28. The molecule has 0 spiro atoms. The maximum Gasteiger partial charge on any atom is 0.339 e. The van der Waals surface area contributed by atoms with Crippen LogP contribution in [0.2, 0.25) is 0 Å². The number of pyridine rings is 1. The van der Waals surface area contributed by atoms with Gasteiger partial charge < -0.3 is 9.84 Å². The van der Waals surface area contributed by atoms with Crippen LogP contribution in [0.25, 0.3) is 11.1 Å². The number of aromatic nitrogens is 1. The molecule has 3 rings (SSSR count). The smallest absolute Gasteiger partial charge is 0.339 e. The summed E-state index contributed by atoms with van der Waals surface area (Å²) < 4.78 is 5.75. The van der Waals surface area contributed by atoms with Gasteiger partial charge >= 0.3 is 5.97 Å². The monoisotopic (exact) mass is 305 g/mol. The maximum atomic E-state index is 11.4. The molecular weight excluding hydrogens is 290 g/mol. The molecule has 2 aromatic carbocycles. The van der Waals surface area contributed by atoms with Crippen LogP contribution in [0, 0.1) is 0 Å². The van der Waals surface area contributed by atoms with Crippen molar-refractivity contribution in [3.63, 3.8) is 0 Å². The van der Waals surface area contributed by atoms with Crippen LogP contribution in [-0.4, -0.2) is 16.1 Å². The predicted octanol–water partition coefficient (Wildman–Crippen LogP) is 4.03. The number of carboxylic acid groups (broad SMARTS) is 1. The van der Waals surface area contributed by atoms with Crippen molar-refractivity contribution in [1.29, 1.82) is 0 Å². The van der Waals surface area contributed by atoms with Gasteiger partial charge in [0.1, 0.15) is 17.9 Å². The molecule has 4 nitrogen and oxygen atoms in total. The molecule has 0 aliphatic rings. The van der Waals surface area contributed by atoms with Gasteiger partial charge in [0.2, 0.25) is 0 Å². The summed E-state index contributed by atoms with van der Waals surface area (Å²) in [6.45, 7) is 0.320. The minimum atomic E-state index is -1.01. The molecule has 0 aliphatic heterocycles. The van der Waals surface area contributed by atoms with Gasteiger partial charge in [-0.3, -0.25) is 4.98 Å². The van der Waals surface area contributed by atoms with Gasteiger partial charge in [0, 0.05) is 12.4 Å². The first-order valence-electron chi connectivity index (χ1n) is 7.18. The van der Waals surface area contributed by atoms with E-state index in [1.807, 2.05) is 42.5 Å². The van der Waals surface area contributed by atoms with Crippen LogP contribution in [-0.2, 0) is 6.61 Å². The average Bonchev–Trinajstić information content (AvgIpc) is 2.61. The summed E-state index contributed by atoms with van der Waals surface area (Å²) in [5.41, 5.74) is 2.99. The Morgan fingerprint density at radius 2 is 1.70 bits per heavy atom. The van der Waals surface area contributed by atoms with E-state index in [0.717, 1.165) is 16.7 Å². The molecule has 0 unspecified atom stereocenters. The van der Waals surface area contributed by atoms with Crippen molar-refractivity contribution < 1.29 is 14.6 Å². The van der Waals surface area contributed by atoms with Gasteiger partial charge in [-0.05, 0) is 41.0 Å². The first-order valence-corrected chi connectivity index (χ1v) is 7.18. The van der Waals surface area contributed by atoms with Crippen LogP contribution in [0.5, 0.6) is 5.75 Å². The van der Waals surface area contributed by atoms with Crippen molar-refractivity contribution in [2.75, 3.05) is 0 Å². The minimum absolute atomic E-state index is 0.152. The largest absolute Gasteiger partial charge is 0.488 e. The predicted molar refractivity (Wildman–Crippen MR) is 87.4 cm³/mol. The molecule has 1 heterocycles. The number of hydrogen-bond acceptors (Lipinski definition) is 3. The van der Waals surface area contributed by atoms with E-state index >= 15 is 0 Å². The molecule has 1 N–H and O–H groups in total. The van der Waals surface area contributed by atoms with E-state index in [0.29, 0.717) is 12.4 Å². The normalized spacial score (nSPS) is 10.3. The molecule has 23 heavy (non-hydrogen) atoms. The zero-order valence-electron chi connectivity index (χ0n) is 12.3. The molecular formula is C19H15NO3. The zero-order chi connectivity index (χ0) is 16.1. The number of carboxylic acids is 1. The highest BCUT2D eigenvalue weighted by atomic mass is 16.5. The lowest BCUT2D eigenvalue weighted by atomic mass is 10.0. The van der Waals surface area contributed by atoms with Crippen molar-refractivity contribution in [2.24, 2.45) is 0 Å². The molecule has 0 aliphatic carbocycles. The van der Waals surface area contributed by atoms with Gasteiger partial charge in [-0.25, -0.2) is 4.79 Å². The second-order valence-electron chi connectivity index (χ2n) is 5.03. The van der Waals surface area contributed by atoms with Gasteiger partial charge in [-0.15, -0.1) is 0 Å². The topological polar surface area (TPSA) is 59.4 Å². The Bertz CT molecular complexity index is 801. The highest BCUT2D eigenvalue weighted by molar-refractivity contribution is 5.92. The Morgan fingerprint density at radius 3 is 2.39 bits per heavy atom. The molecule has 0 saturated heterocycles. The van der Waals surface area contributed by atoms with E-state index in [9.17, 15) is 9.90 Å². The molecule has 114 valence electrons. The summed E-state index contributed by atoms with van der Waals surface area (Å²) in [7, 11) is 0. The average molecular weight is 305 g/mol. The lowest BCUT2D eigenvalue weighted by molar-refractivity contribution is 0.0692. The van der Waals surface area contributed by atoms with E-state index in [1.54, 1.807) is 30.6 Å². The number of hydrogen-bond donors (Lipinski definition) is 1. The summed E-state index contributed by atoms with van der Waals surface area (Å²) in [6.07, 6.45) is 3.40. The lowest BCUT2D eigenvalue weighted by Crippen LogP contribution is -2.03. The summed E-state index contributed by atoms with van der Waals surface area (Å²) in [5.74, 6) is -0.648. The first-order chi connectivity index (χ1) is 11.2. The van der Waals surface area contributed by atoms with Crippen molar-refractivity contribution in [2.45, 2.75) is 6.61 Å². The van der Waals surface area contributed by atoms with E-state index in [1.165, 1.54) is 0 Å². The van der Waals surface area contributed by atoms with Crippen molar-refractivity contribution in [1.82, 2.24) is 4.98 Å². The van der Waals surface area contributed by atoms with E-state index < -0.39 is 5.97 Å².